The zero-order chi connectivity index (χ0) is 19.2. The van der Waals surface area contributed by atoms with Gasteiger partial charge in [-0.15, -0.1) is 10.2 Å². The molecule has 1 amide bonds. The number of pyridine rings is 1. The van der Waals surface area contributed by atoms with Gasteiger partial charge in [0.1, 0.15) is 6.33 Å². The summed E-state index contributed by atoms with van der Waals surface area (Å²) in [5.74, 6) is 1.17. The fraction of sp³-hybridized carbons (Fsp3) is 0.316. The Bertz CT molecular complexity index is 911. The maximum atomic E-state index is 12.8. The standard InChI is InChI=1S/C19H22N4O4/c1-4-25-15-9-13(10-16(26-5-2)18(15)27-6-3)19(24)21-14-7-8-17-22-20-12-23(17)11-14/h7-12H,4-6H2,1-3H3,(H,21,24). The molecule has 0 fully saturated rings. The van der Waals surface area contributed by atoms with Gasteiger partial charge in [0.05, 0.1) is 25.5 Å². The summed E-state index contributed by atoms with van der Waals surface area (Å²) in [5, 5.41) is 10.6. The SMILES string of the molecule is CCOc1cc(C(=O)Nc2ccc3nncn3c2)cc(OCC)c1OCC. The Morgan fingerprint density at radius 1 is 1.04 bits per heavy atom. The van der Waals surface area contributed by atoms with Crippen LogP contribution in [0.3, 0.4) is 0 Å². The van der Waals surface area contributed by atoms with Crippen molar-refractivity contribution in [1.82, 2.24) is 14.6 Å². The number of fused-ring (bicyclic) bond motifs is 1. The molecule has 0 spiro atoms. The van der Waals surface area contributed by atoms with Crippen molar-refractivity contribution >= 4 is 17.2 Å². The van der Waals surface area contributed by atoms with Gasteiger partial charge >= 0.3 is 0 Å². The summed E-state index contributed by atoms with van der Waals surface area (Å²) < 4.78 is 18.7. The van der Waals surface area contributed by atoms with E-state index in [1.807, 2.05) is 20.8 Å². The first kappa shape index (κ1) is 18.5. The number of anilines is 1. The summed E-state index contributed by atoms with van der Waals surface area (Å²) in [7, 11) is 0. The molecule has 0 saturated carbocycles. The molecule has 0 aliphatic heterocycles. The van der Waals surface area contributed by atoms with Crippen molar-refractivity contribution in [3.05, 3.63) is 42.4 Å². The second-order valence-electron chi connectivity index (χ2n) is 5.57. The number of rotatable bonds is 8. The third-order valence-corrected chi connectivity index (χ3v) is 3.72. The third kappa shape index (κ3) is 4.11. The Hall–Kier alpha value is -3.29. The van der Waals surface area contributed by atoms with Gasteiger partial charge in [-0.2, -0.15) is 0 Å². The zero-order valence-corrected chi connectivity index (χ0v) is 15.6. The lowest BCUT2D eigenvalue weighted by Gasteiger charge is -2.17. The average molecular weight is 370 g/mol. The minimum atomic E-state index is -0.285. The summed E-state index contributed by atoms with van der Waals surface area (Å²) in [6.07, 6.45) is 3.32. The van der Waals surface area contributed by atoms with Gasteiger partial charge in [0.15, 0.2) is 17.1 Å². The minimum Gasteiger partial charge on any atom is -0.490 e. The normalized spacial score (nSPS) is 10.6. The third-order valence-electron chi connectivity index (χ3n) is 3.72. The first-order valence-electron chi connectivity index (χ1n) is 8.83. The van der Waals surface area contributed by atoms with E-state index in [1.165, 1.54) is 0 Å². The second-order valence-corrected chi connectivity index (χ2v) is 5.57. The lowest BCUT2D eigenvalue weighted by Crippen LogP contribution is -2.13. The first-order valence-corrected chi connectivity index (χ1v) is 8.83. The van der Waals surface area contributed by atoms with Crippen LogP contribution >= 0.6 is 0 Å². The molecule has 0 saturated heterocycles. The number of benzene rings is 1. The van der Waals surface area contributed by atoms with Crippen molar-refractivity contribution in [2.45, 2.75) is 20.8 Å². The number of ether oxygens (including phenoxy) is 3. The van der Waals surface area contributed by atoms with Crippen LogP contribution in [-0.2, 0) is 0 Å². The van der Waals surface area contributed by atoms with Crippen LogP contribution in [-0.4, -0.2) is 40.3 Å². The summed E-state index contributed by atoms with van der Waals surface area (Å²) in [4.78, 5) is 12.8. The molecule has 3 rings (SSSR count). The molecule has 142 valence electrons. The molecule has 0 atom stereocenters. The minimum absolute atomic E-state index is 0.285. The number of hydrogen-bond acceptors (Lipinski definition) is 6. The van der Waals surface area contributed by atoms with Crippen LogP contribution in [0.2, 0.25) is 0 Å². The quantitative estimate of drug-likeness (QED) is 0.655. The highest BCUT2D eigenvalue weighted by Crippen LogP contribution is 2.39. The van der Waals surface area contributed by atoms with Crippen LogP contribution in [0.1, 0.15) is 31.1 Å². The molecule has 0 bridgehead atoms. The molecule has 8 nitrogen and oxygen atoms in total. The number of carbonyl (C=O) groups excluding carboxylic acids is 1. The predicted octanol–water partition coefficient (Wildman–Crippen LogP) is 3.18. The zero-order valence-electron chi connectivity index (χ0n) is 15.6. The van der Waals surface area contributed by atoms with E-state index in [4.69, 9.17) is 14.2 Å². The van der Waals surface area contributed by atoms with Gasteiger partial charge in [-0.25, -0.2) is 0 Å². The van der Waals surface area contributed by atoms with Crippen molar-refractivity contribution in [2.24, 2.45) is 0 Å². The number of amides is 1. The molecule has 27 heavy (non-hydrogen) atoms. The summed E-state index contributed by atoms with van der Waals surface area (Å²) in [6, 6.07) is 6.86. The summed E-state index contributed by atoms with van der Waals surface area (Å²) in [6.45, 7) is 6.98. The molecule has 0 radical (unpaired) electrons. The van der Waals surface area contributed by atoms with Gasteiger partial charge in [-0.1, -0.05) is 0 Å². The highest BCUT2D eigenvalue weighted by atomic mass is 16.5. The van der Waals surface area contributed by atoms with Crippen LogP contribution in [0.15, 0.2) is 36.8 Å². The van der Waals surface area contributed by atoms with Crippen molar-refractivity contribution in [2.75, 3.05) is 25.1 Å². The Kier molecular flexibility index (Phi) is 5.75. The van der Waals surface area contributed by atoms with Crippen LogP contribution < -0.4 is 19.5 Å². The molecular formula is C19H22N4O4. The van der Waals surface area contributed by atoms with Crippen molar-refractivity contribution < 1.29 is 19.0 Å². The van der Waals surface area contributed by atoms with Crippen LogP contribution in [0.25, 0.3) is 5.65 Å². The number of aromatic nitrogens is 3. The van der Waals surface area contributed by atoms with Crippen LogP contribution in [0.4, 0.5) is 5.69 Å². The molecule has 0 unspecified atom stereocenters. The van der Waals surface area contributed by atoms with E-state index in [-0.39, 0.29) is 5.91 Å². The molecule has 1 aromatic carbocycles. The topological polar surface area (TPSA) is 87.0 Å². The van der Waals surface area contributed by atoms with E-state index in [9.17, 15) is 4.79 Å². The smallest absolute Gasteiger partial charge is 0.255 e. The molecule has 2 heterocycles. The number of carbonyl (C=O) groups is 1. The number of nitrogens with one attached hydrogen (secondary N) is 1. The van der Waals surface area contributed by atoms with Crippen molar-refractivity contribution in [1.29, 1.82) is 0 Å². The Morgan fingerprint density at radius 3 is 2.33 bits per heavy atom. The Morgan fingerprint density at radius 2 is 1.70 bits per heavy atom. The van der Waals surface area contributed by atoms with Gasteiger partial charge in [0.2, 0.25) is 5.75 Å². The number of nitrogens with zero attached hydrogens (tertiary/aromatic N) is 3. The average Bonchev–Trinajstić information content (AvgIpc) is 3.12. The number of hydrogen-bond donors (Lipinski definition) is 1. The molecule has 3 aromatic rings. The van der Waals surface area contributed by atoms with Gasteiger partial charge in [0.25, 0.3) is 5.91 Å². The van der Waals surface area contributed by atoms with Gasteiger partial charge in [0, 0.05) is 11.8 Å². The van der Waals surface area contributed by atoms with E-state index in [0.717, 1.165) is 0 Å². The predicted molar refractivity (Wildman–Crippen MR) is 101 cm³/mol. The monoisotopic (exact) mass is 370 g/mol. The van der Waals surface area contributed by atoms with Gasteiger partial charge in [-0.3, -0.25) is 9.20 Å². The van der Waals surface area contributed by atoms with Crippen molar-refractivity contribution in [3.8, 4) is 17.2 Å². The van der Waals surface area contributed by atoms with E-state index in [1.54, 1.807) is 41.2 Å². The Balaban J connectivity index is 1.92. The van der Waals surface area contributed by atoms with Gasteiger partial charge < -0.3 is 19.5 Å². The molecule has 0 aliphatic carbocycles. The fourth-order valence-corrected chi connectivity index (χ4v) is 2.62. The first-order chi connectivity index (χ1) is 13.2. The maximum absolute atomic E-state index is 12.8. The molecule has 8 heteroatoms. The second kappa shape index (κ2) is 8.39. The summed E-state index contributed by atoms with van der Waals surface area (Å²) >= 11 is 0. The van der Waals surface area contributed by atoms with Crippen molar-refractivity contribution in [3.63, 3.8) is 0 Å². The molecule has 0 aliphatic rings. The highest BCUT2D eigenvalue weighted by Gasteiger charge is 2.18. The van der Waals surface area contributed by atoms with Crippen LogP contribution in [0.5, 0.6) is 17.2 Å². The Labute approximate surface area is 157 Å². The maximum Gasteiger partial charge on any atom is 0.255 e. The van der Waals surface area contributed by atoms with E-state index in [0.29, 0.717) is 54.0 Å². The lowest BCUT2D eigenvalue weighted by atomic mass is 10.1. The van der Waals surface area contributed by atoms with Crippen LogP contribution in [0, 0.1) is 0 Å². The van der Waals surface area contributed by atoms with E-state index >= 15 is 0 Å². The fourth-order valence-electron chi connectivity index (χ4n) is 2.62. The summed E-state index contributed by atoms with van der Waals surface area (Å²) in [5.41, 5.74) is 1.73. The van der Waals surface area contributed by atoms with E-state index < -0.39 is 0 Å². The van der Waals surface area contributed by atoms with E-state index in [2.05, 4.69) is 15.5 Å². The lowest BCUT2D eigenvalue weighted by molar-refractivity contribution is 0.102. The molecule has 1 N–H and O–H groups in total. The molecular weight excluding hydrogens is 348 g/mol. The largest absolute Gasteiger partial charge is 0.490 e. The molecule has 2 aromatic heterocycles. The highest BCUT2D eigenvalue weighted by molar-refractivity contribution is 6.05. The van der Waals surface area contributed by atoms with Gasteiger partial charge in [-0.05, 0) is 45.0 Å².